The molecule has 4 aromatic rings. The van der Waals surface area contributed by atoms with Gasteiger partial charge in [0.1, 0.15) is 0 Å². The van der Waals surface area contributed by atoms with Crippen LogP contribution in [0.4, 0.5) is 8.78 Å². The molecule has 0 spiro atoms. The van der Waals surface area contributed by atoms with Gasteiger partial charge < -0.3 is 13.9 Å². The van der Waals surface area contributed by atoms with Crippen molar-refractivity contribution in [2.75, 3.05) is 26.2 Å². The normalized spacial score (nSPS) is 21.9. The van der Waals surface area contributed by atoms with E-state index in [1.165, 1.54) is 0 Å². The van der Waals surface area contributed by atoms with Gasteiger partial charge in [-0.15, -0.1) is 0 Å². The van der Waals surface area contributed by atoms with Gasteiger partial charge in [-0.2, -0.15) is 0 Å². The number of nitrogens with one attached hydrogen (secondary N) is 1. The number of likely N-dealkylation sites (tertiary alicyclic amines) is 1. The summed E-state index contributed by atoms with van der Waals surface area (Å²) in [4.78, 5) is 28.2. The van der Waals surface area contributed by atoms with E-state index in [-0.39, 0.29) is 19.2 Å². The summed E-state index contributed by atoms with van der Waals surface area (Å²) >= 11 is 0. The number of aryl methyl sites for hydroxylation is 1. The van der Waals surface area contributed by atoms with Gasteiger partial charge in [-0.25, -0.2) is 8.78 Å². The third-order valence-corrected chi connectivity index (χ3v) is 7.80. The molecule has 1 atom stereocenters. The second-order valence-electron chi connectivity index (χ2n) is 10.3. The molecule has 38 heavy (non-hydrogen) atoms. The van der Waals surface area contributed by atoms with E-state index in [0.29, 0.717) is 54.9 Å². The number of para-hydroxylation sites is 2. The summed E-state index contributed by atoms with van der Waals surface area (Å²) in [5, 5.41) is 4.28. The molecule has 9 heteroatoms. The lowest BCUT2D eigenvalue weighted by Crippen LogP contribution is -2.58. The van der Waals surface area contributed by atoms with E-state index in [1.54, 1.807) is 4.90 Å². The highest BCUT2D eigenvalue weighted by Gasteiger charge is 2.44. The highest BCUT2D eigenvalue weighted by atomic mass is 19.3. The van der Waals surface area contributed by atoms with E-state index in [9.17, 15) is 18.4 Å². The van der Waals surface area contributed by atoms with Crippen LogP contribution in [0.2, 0.25) is 0 Å². The Morgan fingerprint density at radius 3 is 1.97 bits per heavy atom. The van der Waals surface area contributed by atoms with Gasteiger partial charge in [0.15, 0.2) is 0 Å². The Morgan fingerprint density at radius 2 is 1.39 bits per heavy atom. The van der Waals surface area contributed by atoms with Gasteiger partial charge in [-0.3, -0.25) is 19.8 Å². The van der Waals surface area contributed by atoms with Crippen molar-refractivity contribution in [3.63, 3.8) is 0 Å². The lowest BCUT2D eigenvalue weighted by Gasteiger charge is -2.40. The fourth-order valence-electron chi connectivity index (χ4n) is 6.08. The maximum absolute atomic E-state index is 13.5. The summed E-state index contributed by atoms with van der Waals surface area (Å²) in [5.41, 5.74) is 4.03. The van der Waals surface area contributed by atoms with Crippen molar-refractivity contribution in [2.24, 2.45) is 0 Å². The minimum Gasteiger partial charge on any atom is -0.375 e. The molecule has 3 aliphatic heterocycles. The summed E-state index contributed by atoms with van der Waals surface area (Å²) in [6, 6.07) is 15.6. The number of hydrogen-bond acceptors (Lipinski definition) is 4. The van der Waals surface area contributed by atoms with Gasteiger partial charge in [-0.1, -0.05) is 36.4 Å². The number of nitrogens with zero attached hydrogens (tertiary/aromatic N) is 3. The van der Waals surface area contributed by atoms with Crippen LogP contribution in [0, 0.1) is 0 Å². The summed E-state index contributed by atoms with van der Waals surface area (Å²) in [6.45, 7) is 1.45. The molecule has 2 aromatic carbocycles. The van der Waals surface area contributed by atoms with Crippen molar-refractivity contribution < 1.29 is 23.1 Å². The van der Waals surface area contributed by atoms with Crippen molar-refractivity contribution in [1.82, 2.24) is 19.4 Å². The number of alkyl halides is 2. The van der Waals surface area contributed by atoms with E-state index < -0.39 is 17.7 Å². The Kier molecular flexibility index (Phi) is 5.28. The first-order chi connectivity index (χ1) is 18.4. The maximum atomic E-state index is 13.5. The molecule has 7 nitrogen and oxygen atoms in total. The molecule has 1 saturated heterocycles. The van der Waals surface area contributed by atoms with E-state index in [1.807, 2.05) is 65.5 Å². The zero-order chi connectivity index (χ0) is 26.0. The van der Waals surface area contributed by atoms with Gasteiger partial charge in [0.25, 0.3) is 17.7 Å². The molecule has 0 radical (unpaired) electrons. The number of fused-ring (bicyclic) bond motifs is 12. The fourth-order valence-corrected chi connectivity index (χ4v) is 6.08. The smallest absolute Gasteiger partial charge is 0.272 e. The largest absolute Gasteiger partial charge is 0.375 e. The first-order valence-corrected chi connectivity index (χ1v) is 12.9. The Hall–Kier alpha value is -3.82. The van der Waals surface area contributed by atoms with Crippen molar-refractivity contribution in [3.05, 3.63) is 72.1 Å². The zero-order valence-electron chi connectivity index (χ0n) is 20.6. The summed E-state index contributed by atoms with van der Waals surface area (Å²) < 4.78 is 37.4. The van der Waals surface area contributed by atoms with Crippen LogP contribution >= 0.6 is 0 Å². The summed E-state index contributed by atoms with van der Waals surface area (Å²) in [6.07, 6.45) is 4.23. The first-order valence-electron chi connectivity index (χ1n) is 12.9. The monoisotopic (exact) mass is 516 g/mol. The predicted molar refractivity (Wildman–Crippen MR) is 140 cm³/mol. The van der Waals surface area contributed by atoms with E-state index in [0.717, 1.165) is 21.8 Å². The van der Waals surface area contributed by atoms with Crippen molar-refractivity contribution in [3.8, 4) is 0 Å². The van der Waals surface area contributed by atoms with Gasteiger partial charge in [0.2, 0.25) is 0 Å². The molecule has 5 heterocycles. The third kappa shape index (κ3) is 3.76. The quantitative estimate of drug-likeness (QED) is 0.411. The Morgan fingerprint density at radius 1 is 0.842 bits per heavy atom. The number of imide groups is 1. The number of hydrogen-bond donors (Lipinski definition) is 1. The van der Waals surface area contributed by atoms with Crippen LogP contribution in [-0.4, -0.2) is 64.1 Å². The molecular weight excluding hydrogens is 490 g/mol. The van der Waals surface area contributed by atoms with E-state index >= 15 is 0 Å². The van der Waals surface area contributed by atoms with Crippen LogP contribution in [0.25, 0.3) is 33.0 Å². The standard InChI is InChI=1S/C29H26F2N4O3/c30-29(31)16-33(17-29)13-18-9-10-34-14-21(19-5-1-3-7-23(19)34)25-26(28(37)32-27(25)36)22-15-35(11-12-38-18)24-8-4-2-6-20(22)24/h1-8,14-15,18H,9-13,16-17H2,(H,32,36,37). The molecule has 1 fully saturated rings. The maximum Gasteiger partial charge on any atom is 0.272 e. The molecule has 1 N–H and O–H groups in total. The average molecular weight is 517 g/mol. The van der Waals surface area contributed by atoms with E-state index in [2.05, 4.69) is 9.88 Å². The van der Waals surface area contributed by atoms with Crippen molar-refractivity contribution >= 4 is 44.8 Å². The second-order valence-corrected chi connectivity index (χ2v) is 10.3. The molecule has 0 aliphatic carbocycles. The van der Waals surface area contributed by atoms with Crippen LogP contribution in [0.15, 0.2) is 60.9 Å². The van der Waals surface area contributed by atoms with Crippen LogP contribution < -0.4 is 5.32 Å². The third-order valence-electron chi connectivity index (χ3n) is 7.80. The SMILES string of the molecule is O=C1NC(=O)C2=C1c1cn(c3ccccc13)CCOC(CN1CC(F)(F)C1)CCn1cc2c2ccccc21. The average Bonchev–Trinajstić information content (AvgIpc) is 3.51. The minimum atomic E-state index is -2.63. The van der Waals surface area contributed by atoms with Crippen LogP contribution in [0.3, 0.4) is 0 Å². The number of halogens is 2. The molecule has 7 rings (SSSR count). The lowest BCUT2D eigenvalue weighted by molar-refractivity contribution is -0.143. The molecule has 1 unspecified atom stereocenters. The minimum absolute atomic E-state index is 0.230. The number of carbonyl (C=O) groups excluding carboxylic acids is 2. The number of amides is 2. The number of ether oxygens (including phenoxy) is 1. The van der Waals surface area contributed by atoms with Crippen molar-refractivity contribution in [2.45, 2.75) is 31.5 Å². The summed E-state index contributed by atoms with van der Waals surface area (Å²) in [5.74, 6) is -3.44. The van der Waals surface area contributed by atoms with Crippen LogP contribution in [0.1, 0.15) is 17.5 Å². The predicted octanol–water partition coefficient (Wildman–Crippen LogP) is 3.90. The highest BCUT2D eigenvalue weighted by Crippen LogP contribution is 2.39. The van der Waals surface area contributed by atoms with Gasteiger partial charge >= 0.3 is 0 Å². The second kappa shape index (κ2) is 8.61. The lowest BCUT2D eigenvalue weighted by atomic mass is 9.95. The number of rotatable bonds is 2. The first kappa shape index (κ1) is 23.3. The van der Waals surface area contributed by atoms with Crippen molar-refractivity contribution in [1.29, 1.82) is 0 Å². The Balaban J connectivity index is 1.39. The zero-order valence-corrected chi connectivity index (χ0v) is 20.6. The summed E-state index contributed by atoms with van der Waals surface area (Å²) in [7, 11) is 0. The molecule has 2 amide bonds. The number of benzene rings is 2. The van der Waals surface area contributed by atoms with Gasteiger partial charge in [-0.05, 0) is 18.6 Å². The van der Waals surface area contributed by atoms with Crippen LogP contribution in [0.5, 0.6) is 0 Å². The number of carbonyl (C=O) groups is 2. The topological polar surface area (TPSA) is 68.5 Å². The Bertz CT molecular complexity index is 1640. The molecule has 4 bridgehead atoms. The molecule has 3 aliphatic rings. The number of aromatic nitrogens is 2. The van der Waals surface area contributed by atoms with Gasteiger partial charge in [0.05, 0.1) is 36.9 Å². The molecule has 194 valence electrons. The molecule has 0 saturated carbocycles. The molecule has 2 aromatic heterocycles. The molecular formula is C29H26F2N4O3. The highest BCUT2D eigenvalue weighted by molar-refractivity contribution is 6.50. The fraction of sp³-hybridized carbons (Fsp3) is 0.310. The van der Waals surface area contributed by atoms with Crippen LogP contribution in [-0.2, 0) is 27.4 Å². The van der Waals surface area contributed by atoms with E-state index in [4.69, 9.17) is 4.74 Å². The van der Waals surface area contributed by atoms with Gasteiger partial charge in [0, 0.05) is 65.0 Å². The Labute approximate surface area is 217 Å².